The van der Waals surface area contributed by atoms with Crippen molar-refractivity contribution in [1.29, 1.82) is 0 Å². The third-order valence-corrected chi connectivity index (χ3v) is 5.44. The predicted molar refractivity (Wildman–Crippen MR) is 123 cm³/mol. The topological polar surface area (TPSA) is 73.7 Å². The Morgan fingerprint density at radius 3 is 2.27 bits per heavy atom. The standard InChI is InChI=1S/C26H29N3O4/c1-26(2,3)33-25(31)29-16-23-21(27-18-28(23)15-19-10-6-4-7-11-19)14-22(29)24(30)32-17-20-12-8-5-9-13-20/h4-13,18,22H,14-17H2,1-3H3/t22-/m0/s1. The molecule has 33 heavy (non-hydrogen) atoms. The highest BCUT2D eigenvalue weighted by Crippen LogP contribution is 2.26. The molecular formula is C26H29N3O4. The SMILES string of the molecule is CC(C)(C)OC(=O)N1Cc2c(ncn2Cc2ccccc2)C[C@H]1C(=O)OCc1ccccc1. The van der Waals surface area contributed by atoms with Crippen LogP contribution in [0.2, 0.25) is 0 Å². The zero-order valence-electron chi connectivity index (χ0n) is 19.2. The summed E-state index contributed by atoms with van der Waals surface area (Å²) >= 11 is 0. The Bertz CT molecular complexity index is 1100. The van der Waals surface area contributed by atoms with E-state index in [1.54, 1.807) is 6.33 Å². The Balaban J connectivity index is 1.56. The molecule has 0 saturated carbocycles. The highest BCUT2D eigenvalue weighted by Gasteiger charge is 2.40. The molecule has 1 aliphatic rings. The summed E-state index contributed by atoms with van der Waals surface area (Å²) < 4.78 is 13.2. The maximum absolute atomic E-state index is 13.1. The number of ether oxygens (including phenoxy) is 2. The third kappa shape index (κ3) is 5.61. The number of esters is 1. The van der Waals surface area contributed by atoms with E-state index in [-0.39, 0.29) is 19.6 Å². The number of carbonyl (C=O) groups is 2. The average molecular weight is 448 g/mol. The zero-order valence-corrected chi connectivity index (χ0v) is 19.2. The lowest BCUT2D eigenvalue weighted by molar-refractivity contribution is -0.152. The first kappa shape index (κ1) is 22.6. The summed E-state index contributed by atoms with van der Waals surface area (Å²) in [4.78, 5) is 32.1. The van der Waals surface area contributed by atoms with Gasteiger partial charge in [-0.3, -0.25) is 4.90 Å². The van der Waals surface area contributed by atoms with E-state index in [4.69, 9.17) is 9.47 Å². The number of imidazole rings is 1. The second kappa shape index (κ2) is 9.48. The smallest absolute Gasteiger partial charge is 0.411 e. The van der Waals surface area contributed by atoms with E-state index in [9.17, 15) is 9.59 Å². The van der Waals surface area contributed by atoms with Gasteiger partial charge in [-0.05, 0) is 31.9 Å². The van der Waals surface area contributed by atoms with E-state index in [1.807, 2.05) is 86.0 Å². The Hall–Kier alpha value is -3.61. The summed E-state index contributed by atoms with van der Waals surface area (Å²) in [7, 11) is 0. The number of benzene rings is 2. The first-order chi connectivity index (χ1) is 15.8. The molecule has 2 aromatic carbocycles. The van der Waals surface area contributed by atoms with Gasteiger partial charge in [-0.1, -0.05) is 60.7 Å². The van der Waals surface area contributed by atoms with E-state index in [2.05, 4.69) is 4.98 Å². The molecule has 0 fully saturated rings. The number of nitrogens with zero attached hydrogens (tertiary/aromatic N) is 3. The monoisotopic (exact) mass is 447 g/mol. The summed E-state index contributed by atoms with van der Waals surface area (Å²) in [5.41, 5.74) is 3.04. The number of aromatic nitrogens is 2. The largest absolute Gasteiger partial charge is 0.459 e. The molecule has 4 rings (SSSR count). The molecule has 0 saturated heterocycles. The second-order valence-electron chi connectivity index (χ2n) is 9.17. The lowest BCUT2D eigenvalue weighted by Crippen LogP contribution is -2.51. The van der Waals surface area contributed by atoms with E-state index >= 15 is 0 Å². The van der Waals surface area contributed by atoms with Gasteiger partial charge in [-0.25, -0.2) is 14.6 Å². The maximum Gasteiger partial charge on any atom is 0.411 e. The minimum absolute atomic E-state index is 0.146. The van der Waals surface area contributed by atoms with Gasteiger partial charge in [0.1, 0.15) is 18.2 Å². The number of amides is 1. The Morgan fingerprint density at radius 1 is 1.00 bits per heavy atom. The van der Waals surface area contributed by atoms with Gasteiger partial charge in [0.2, 0.25) is 0 Å². The molecule has 0 aliphatic carbocycles. The van der Waals surface area contributed by atoms with Crippen molar-refractivity contribution in [3.8, 4) is 0 Å². The van der Waals surface area contributed by atoms with Crippen molar-refractivity contribution in [1.82, 2.24) is 14.5 Å². The number of hydrogen-bond donors (Lipinski definition) is 0. The molecule has 0 unspecified atom stereocenters. The van der Waals surface area contributed by atoms with Crippen molar-refractivity contribution in [2.75, 3.05) is 0 Å². The lowest BCUT2D eigenvalue weighted by Gasteiger charge is -2.35. The molecule has 3 aromatic rings. The van der Waals surface area contributed by atoms with Crippen molar-refractivity contribution in [3.63, 3.8) is 0 Å². The summed E-state index contributed by atoms with van der Waals surface area (Å²) in [6.45, 7) is 6.43. The van der Waals surface area contributed by atoms with Crippen LogP contribution in [0.5, 0.6) is 0 Å². The summed E-state index contributed by atoms with van der Waals surface area (Å²) in [5.74, 6) is -0.465. The molecule has 1 aliphatic heterocycles. The van der Waals surface area contributed by atoms with Crippen LogP contribution in [0.25, 0.3) is 0 Å². The van der Waals surface area contributed by atoms with Gasteiger partial charge >= 0.3 is 12.1 Å². The fourth-order valence-electron chi connectivity index (χ4n) is 3.83. The van der Waals surface area contributed by atoms with Gasteiger partial charge in [0.15, 0.2) is 0 Å². The molecule has 0 radical (unpaired) electrons. The maximum atomic E-state index is 13.1. The van der Waals surface area contributed by atoms with Crippen molar-refractivity contribution < 1.29 is 19.1 Å². The molecule has 1 atom stereocenters. The first-order valence-electron chi connectivity index (χ1n) is 11.1. The van der Waals surface area contributed by atoms with Gasteiger partial charge in [-0.2, -0.15) is 0 Å². The normalized spacial score (nSPS) is 15.6. The number of rotatable bonds is 5. The van der Waals surface area contributed by atoms with Gasteiger partial charge < -0.3 is 14.0 Å². The van der Waals surface area contributed by atoms with Crippen molar-refractivity contribution in [2.45, 2.75) is 58.5 Å². The van der Waals surface area contributed by atoms with E-state index in [0.29, 0.717) is 6.54 Å². The molecule has 1 aromatic heterocycles. The van der Waals surface area contributed by atoms with Crippen LogP contribution in [0.4, 0.5) is 4.79 Å². The molecule has 2 heterocycles. The average Bonchev–Trinajstić information content (AvgIpc) is 3.18. The Morgan fingerprint density at radius 2 is 1.64 bits per heavy atom. The van der Waals surface area contributed by atoms with Crippen LogP contribution in [-0.4, -0.2) is 38.2 Å². The molecular weight excluding hydrogens is 418 g/mol. The van der Waals surface area contributed by atoms with Crippen LogP contribution in [0.15, 0.2) is 67.0 Å². The summed E-state index contributed by atoms with van der Waals surface area (Å²) in [5, 5.41) is 0. The van der Waals surface area contributed by atoms with Crippen molar-refractivity contribution in [2.24, 2.45) is 0 Å². The molecule has 7 heteroatoms. The minimum atomic E-state index is -0.795. The predicted octanol–water partition coefficient (Wildman–Crippen LogP) is 4.34. The Kier molecular flexibility index (Phi) is 6.49. The van der Waals surface area contributed by atoms with Crippen LogP contribution >= 0.6 is 0 Å². The van der Waals surface area contributed by atoms with Crippen molar-refractivity contribution >= 4 is 12.1 Å². The van der Waals surface area contributed by atoms with Crippen LogP contribution in [0.3, 0.4) is 0 Å². The fraction of sp³-hybridized carbons (Fsp3) is 0.346. The molecule has 0 bridgehead atoms. The van der Waals surface area contributed by atoms with E-state index in [0.717, 1.165) is 22.5 Å². The molecule has 172 valence electrons. The van der Waals surface area contributed by atoms with Gasteiger partial charge in [0, 0.05) is 13.0 Å². The van der Waals surface area contributed by atoms with Crippen LogP contribution < -0.4 is 0 Å². The first-order valence-corrected chi connectivity index (χ1v) is 11.1. The van der Waals surface area contributed by atoms with Crippen molar-refractivity contribution in [3.05, 3.63) is 89.5 Å². The molecule has 7 nitrogen and oxygen atoms in total. The van der Waals surface area contributed by atoms with E-state index < -0.39 is 23.7 Å². The zero-order chi connectivity index (χ0) is 23.4. The third-order valence-electron chi connectivity index (χ3n) is 5.44. The molecule has 1 amide bonds. The quantitative estimate of drug-likeness (QED) is 0.544. The fourth-order valence-corrected chi connectivity index (χ4v) is 3.83. The minimum Gasteiger partial charge on any atom is -0.459 e. The summed E-state index contributed by atoms with van der Waals surface area (Å²) in [6.07, 6.45) is 1.51. The van der Waals surface area contributed by atoms with Gasteiger partial charge in [0.05, 0.1) is 24.3 Å². The molecule has 0 spiro atoms. The lowest BCUT2D eigenvalue weighted by atomic mass is 10.0. The van der Waals surface area contributed by atoms with Gasteiger partial charge in [0.25, 0.3) is 0 Å². The number of carbonyl (C=O) groups excluding carboxylic acids is 2. The second-order valence-corrected chi connectivity index (χ2v) is 9.17. The highest BCUT2D eigenvalue weighted by atomic mass is 16.6. The highest BCUT2D eigenvalue weighted by molar-refractivity contribution is 5.82. The number of hydrogen-bond acceptors (Lipinski definition) is 5. The van der Waals surface area contributed by atoms with E-state index in [1.165, 1.54) is 4.90 Å². The number of fused-ring (bicyclic) bond motifs is 1. The van der Waals surface area contributed by atoms with Crippen LogP contribution in [0.1, 0.15) is 43.3 Å². The molecule has 0 N–H and O–H groups in total. The Labute approximate surface area is 194 Å². The van der Waals surface area contributed by atoms with Gasteiger partial charge in [-0.15, -0.1) is 0 Å². The van der Waals surface area contributed by atoms with Crippen LogP contribution in [-0.2, 0) is 40.4 Å². The summed E-state index contributed by atoms with van der Waals surface area (Å²) in [6, 6.07) is 18.7. The van der Waals surface area contributed by atoms with Crippen LogP contribution in [0, 0.1) is 0 Å².